The molecule has 0 saturated heterocycles. The van der Waals surface area contributed by atoms with E-state index < -0.39 is 0 Å². The quantitative estimate of drug-likeness (QED) is 0.517. The molecule has 6 heteroatoms. The number of aromatic nitrogens is 2. The van der Waals surface area contributed by atoms with Gasteiger partial charge in [-0.2, -0.15) is 4.98 Å². The number of carbonyl (C=O) groups is 1. The van der Waals surface area contributed by atoms with Crippen LogP contribution in [0.1, 0.15) is 46.1 Å². The maximum atomic E-state index is 12.8. The molecule has 154 valence electrons. The molecule has 0 fully saturated rings. The fourth-order valence-electron chi connectivity index (χ4n) is 3.73. The molecule has 1 aromatic heterocycles. The van der Waals surface area contributed by atoms with E-state index in [1.165, 1.54) is 11.1 Å². The van der Waals surface area contributed by atoms with Crippen molar-refractivity contribution >= 4 is 40.5 Å². The number of aryl methyl sites for hydroxylation is 2. The molecule has 4 rings (SSSR count). The first-order valence-electron chi connectivity index (χ1n) is 10.1. The second-order valence-corrected chi connectivity index (χ2v) is 8.52. The van der Waals surface area contributed by atoms with Crippen LogP contribution >= 0.6 is 11.6 Å². The molecule has 1 unspecified atom stereocenters. The van der Waals surface area contributed by atoms with E-state index in [0.29, 0.717) is 28.8 Å². The Labute approximate surface area is 181 Å². The van der Waals surface area contributed by atoms with Crippen LogP contribution in [0.5, 0.6) is 0 Å². The van der Waals surface area contributed by atoms with Crippen LogP contribution in [0.3, 0.4) is 0 Å². The Morgan fingerprint density at radius 3 is 2.57 bits per heavy atom. The lowest BCUT2D eigenvalue weighted by Crippen LogP contribution is -2.22. The minimum Gasteiger partial charge on any atom is -0.339 e. The van der Waals surface area contributed by atoms with Crippen LogP contribution < -0.4 is 10.6 Å². The number of Topliss-reactive ketones (excluding diaryl/α,β-unsaturated/α-hetero) is 1. The number of fused-ring (bicyclic) bond motifs is 1. The Balaban J connectivity index is 1.78. The number of hydrogen-bond acceptors (Lipinski definition) is 5. The fraction of sp³-hybridized carbons (Fsp3) is 0.292. The molecule has 0 saturated carbocycles. The van der Waals surface area contributed by atoms with Gasteiger partial charge in [0.2, 0.25) is 5.95 Å². The number of carbonyl (C=O) groups excluding carboxylic acids is 1. The highest BCUT2D eigenvalue weighted by atomic mass is 35.5. The molecule has 2 aromatic carbocycles. The smallest absolute Gasteiger partial charge is 0.229 e. The zero-order chi connectivity index (χ0) is 21.4. The Kier molecular flexibility index (Phi) is 5.48. The highest BCUT2D eigenvalue weighted by Gasteiger charge is 2.28. The summed E-state index contributed by atoms with van der Waals surface area (Å²) in [5.74, 6) is 1.33. The maximum absolute atomic E-state index is 12.8. The van der Waals surface area contributed by atoms with Crippen LogP contribution in [0.15, 0.2) is 36.4 Å². The molecule has 3 aromatic rings. The largest absolute Gasteiger partial charge is 0.339 e. The summed E-state index contributed by atoms with van der Waals surface area (Å²) >= 11 is 6.29. The number of rotatable bonds is 4. The molecule has 0 spiro atoms. The van der Waals surface area contributed by atoms with E-state index in [-0.39, 0.29) is 11.7 Å². The van der Waals surface area contributed by atoms with Gasteiger partial charge in [-0.1, -0.05) is 30.7 Å². The number of hydrogen-bond donors (Lipinski definition) is 2. The first-order chi connectivity index (χ1) is 14.3. The molecule has 1 aliphatic carbocycles. The first-order valence-corrected chi connectivity index (χ1v) is 10.5. The second-order valence-electron chi connectivity index (χ2n) is 8.12. The van der Waals surface area contributed by atoms with Crippen molar-refractivity contribution in [3.8, 4) is 0 Å². The van der Waals surface area contributed by atoms with E-state index >= 15 is 0 Å². The van der Waals surface area contributed by atoms with Gasteiger partial charge < -0.3 is 10.6 Å². The van der Waals surface area contributed by atoms with Crippen molar-refractivity contribution in [1.82, 2.24) is 9.97 Å². The highest BCUT2D eigenvalue weighted by Crippen LogP contribution is 2.33. The average molecular weight is 421 g/mol. The van der Waals surface area contributed by atoms with E-state index in [2.05, 4.69) is 48.5 Å². The summed E-state index contributed by atoms with van der Waals surface area (Å²) < 4.78 is 0. The van der Waals surface area contributed by atoms with Gasteiger partial charge in [0.05, 0.1) is 11.3 Å². The van der Waals surface area contributed by atoms with Gasteiger partial charge in [0.15, 0.2) is 5.78 Å². The molecule has 0 aliphatic heterocycles. The molecule has 1 aliphatic rings. The minimum atomic E-state index is 0.0728. The number of nitrogens with zero attached hydrogens (tertiary/aromatic N) is 2. The SMILES string of the molecule is Cc1ccc(Nc2nc3c(c(Nc4cccc(Cl)c4C)n2)C(=O)CC(C)C3)cc1C. The summed E-state index contributed by atoms with van der Waals surface area (Å²) in [5.41, 5.74) is 6.43. The number of halogens is 1. The van der Waals surface area contributed by atoms with Crippen molar-refractivity contribution < 1.29 is 4.79 Å². The third-order valence-corrected chi connectivity index (χ3v) is 6.03. The summed E-state index contributed by atoms with van der Waals surface area (Å²) in [7, 11) is 0. The van der Waals surface area contributed by atoms with Crippen LogP contribution in [0, 0.1) is 26.7 Å². The number of ketones is 1. The van der Waals surface area contributed by atoms with Crippen molar-refractivity contribution in [1.29, 1.82) is 0 Å². The number of anilines is 4. The van der Waals surface area contributed by atoms with Gasteiger partial charge in [0, 0.05) is 22.8 Å². The van der Waals surface area contributed by atoms with Crippen molar-refractivity contribution in [2.75, 3.05) is 10.6 Å². The summed E-state index contributed by atoms with van der Waals surface area (Å²) in [4.78, 5) is 22.2. The minimum absolute atomic E-state index is 0.0728. The normalized spacial score (nSPS) is 15.6. The molecule has 0 radical (unpaired) electrons. The van der Waals surface area contributed by atoms with Crippen molar-refractivity contribution in [3.05, 3.63) is 69.4 Å². The summed E-state index contributed by atoms with van der Waals surface area (Å²) in [6.07, 6.45) is 1.25. The molecular formula is C24H25ClN4O. The lowest BCUT2D eigenvalue weighted by Gasteiger charge is -2.23. The van der Waals surface area contributed by atoms with E-state index in [0.717, 1.165) is 29.1 Å². The first kappa shape index (κ1) is 20.4. The molecule has 2 N–H and O–H groups in total. The maximum Gasteiger partial charge on any atom is 0.229 e. The van der Waals surface area contributed by atoms with Crippen LogP contribution in [-0.2, 0) is 6.42 Å². The van der Waals surface area contributed by atoms with E-state index in [9.17, 15) is 4.79 Å². The van der Waals surface area contributed by atoms with Crippen LogP contribution in [0.2, 0.25) is 5.02 Å². The van der Waals surface area contributed by atoms with Crippen molar-refractivity contribution in [3.63, 3.8) is 0 Å². The Morgan fingerprint density at radius 2 is 1.80 bits per heavy atom. The van der Waals surface area contributed by atoms with Gasteiger partial charge in [-0.25, -0.2) is 4.98 Å². The Hall–Kier alpha value is -2.92. The third kappa shape index (κ3) is 4.03. The summed E-state index contributed by atoms with van der Waals surface area (Å²) in [6, 6.07) is 11.8. The van der Waals surface area contributed by atoms with E-state index in [1.807, 2.05) is 31.2 Å². The van der Waals surface area contributed by atoms with Crippen molar-refractivity contribution in [2.24, 2.45) is 5.92 Å². The molecular weight excluding hydrogens is 396 g/mol. The molecule has 5 nitrogen and oxygen atoms in total. The van der Waals surface area contributed by atoms with Gasteiger partial charge in [-0.15, -0.1) is 0 Å². The topological polar surface area (TPSA) is 66.9 Å². The van der Waals surface area contributed by atoms with E-state index in [4.69, 9.17) is 16.6 Å². The third-order valence-electron chi connectivity index (χ3n) is 5.62. The molecule has 0 bridgehead atoms. The van der Waals surface area contributed by atoms with Gasteiger partial charge >= 0.3 is 0 Å². The zero-order valence-corrected chi connectivity index (χ0v) is 18.4. The van der Waals surface area contributed by atoms with Gasteiger partial charge in [0.1, 0.15) is 5.82 Å². The second kappa shape index (κ2) is 8.07. The summed E-state index contributed by atoms with van der Waals surface area (Å²) in [5, 5.41) is 7.30. The number of nitrogens with one attached hydrogen (secondary N) is 2. The van der Waals surface area contributed by atoms with Gasteiger partial charge in [0.25, 0.3) is 0 Å². The van der Waals surface area contributed by atoms with Gasteiger partial charge in [-0.05, 0) is 74.1 Å². The monoisotopic (exact) mass is 420 g/mol. The molecule has 1 atom stereocenters. The van der Waals surface area contributed by atoms with Crippen molar-refractivity contribution in [2.45, 2.75) is 40.5 Å². The molecule has 30 heavy (non-hydrogen) atoms. The van der Waals surface area contributed by atoms with Crippen LogP contribution in [0.25, 0.3) is 0 Å². The predicted octanol–water partition coefficient (Wildman–Crippen LogP) is 6.31. The standard InChI is InChI=1S/C24H25ClN4O/c1-13-10-20-22(21(30)11-13)23(27-19-7-5-6-18(25)16(19)4)29-24(28-20)26-17-9-8-14(2)15(3)12-17/h5-9,12-13H,10-11H2,1-4H3,(H2,26,27,28,29). The molecule has 1 heterocycles. The lowest BCUT2D eigenvalue weighted by atomic mass is 9.87. The Bertz CT molecular complexity index is 1140. The number of benzene rings is 2. The summed E-state index contributed by atoms with van der Waals surface area (Å²) in [6.45, 7) is 8.17. The zero-order valence-electron chi connectivity index (χ0n) is 17.6. The lowest BCUT2D eigenvalue weighted by molar-refractivity contribution is 0.0953. The van der Waals surface area contributed by atoms with Gasteiger partial charge in [-0.3, -0.25) is 4.79 Å². The fourth-order valence-corrected chi connectivity index (χ4v) is 3.91. The average Bonchev–Trinajstić information content (AvgIpc) is 2.67. The highest BCUT2D eigenvalue weighted by molar-refractivity contribution is 6.31. The van der Waals surface area contributed by atoms with Crippen LogP contribution in [-0.4, -0.2) is 15.8 Å². The van der Waals surface area contributed by atoms with Crippen LogP contribution in [0.4, 0.5) is 23.1 Å². The Morgan fingerprint density at radius 1 is 1.00 bits per heavy atom. The molecule has 0 amide bonds. The van der Waals surface area contributed by atoms with E-state index in [1.54, 1.807) is 0 Å². The predicted molar refractivity (Wildman–Crippen MR) is 123 cm³/mol.